The van der Waals surface area contributed by atoms with Crippen LogP contribution in [0.15, 0.2) is 18.2 Å². The molecule has 5 heteroatoms. The lowest BCUT2D eigenvalue weighted by atomic mass is 9.99. The zero-order chi connectivity index (χ0) is 14.7. The van der Waals surface area contributed by atoms with E-state index in [1.807, 2.05) is 0 Å². The molecule has 2 unspecified atom stereocenters. The number of likely N-dealkylation sites (N-methyl/N-ethyl adjacent to an activating group) is 2. The number of aliphatic hydroxyl groups is 1. The number of hydrogen-bond acceptors (Lipinski definition) is 3. The van der Waals surface area contributed by atoms with E-state index in [9.17, 15) is 9.50 Å². The highest BCUT2D eigenvalue weighted by Gasteiger charge is 2.25. The molecule has 2 atom stereocenters. The van der Waals surface area contributed by atoms with Crippen molar-refractivity contribution in [3.05, 3.63) is 34.6 Å². The highest BCUT2D eigenvalue weighted by molar-refractivity contribution is 6.31. The maximum absolute atomic E-state index is 13.4. The second-order valence-electron chi connectivity index (χ2n) is 5.70. The number of halogens is 2. The van der Waals surface area contributed by atoms with Gasteiger partial charge < -0.3 is 14.9 Å². The van der Waals surface area contributed by atoms with Crippen molar-refractivity contribution in [2.45, 2.75) is 25.0 Å². The van der Waals surface area contributed by atoms with E-state index in [-0.39, 0.29) is 5.02 Å². The normalized spacial score (nSPS) is 22.9. The fraction of sp³-hybridized carbons (Fsp3) is 0.600. The van der Waals surface area contributed by atoms with Gasteiger partial charge in [0.15, 0.2) is 0 Å². The predicted molar refractivity (Wildman–Crippen MR) is 79.7 cm³/mol. The molecule has 0 amide bonds. The lowest BCUT2D eigenvalue weighted by Gasteiger charge is -2.38. The molecule has 0 bridgehead atoms. The van der Waals surface area contributed by atoms with Crippen molar-refractivity contribution in [3.63, 3.8) is 0 Å². The van der Waals surface area contributed by atoms with Gasteiger partial charge in [0.1, 0.15) is 5.82 Å². The van der Waals surface area contributed by atoms with E-state index in [4.69, 9.17) is 11.6 Å². The molecule has 2 rings (SSSR count). The maximum Gasteiger partial charge on any atom is 0.142 e. The number of aliphatic hydroxyl groups excluding tert-OH is 1. The van der Waals surface area contributed by atoms with Gasteiger partial charge in [-0.05, 0) is 38.6 Å². The molecule has 112 valence electrons. The summed E-state index contributed by atoms with van der Waals surface area (Å²) in [5.74, 6) is -0.425. The van der Waals surface area contributed by atoms with Crippen LogP contribution in [0.3, 0.4) is 0 Å². The number of benzene rings is 1. The Morgan fingerprint density at radius 1 is 1.40 bits per heavy atom. The van der Waals surface area contributed by atoms with Crippen molar-refractivity contribution < 1.29 is 9.50 Å². The molecule has 1 aliphatic heterocycles. The Labute approximate surface area is 124 Å². The molecule has 1 aliphatic rings. The first-order chi connectivity index (χ1) is 9.47. The molecule has 20 heavy (non-hydrogen) atoms. The van der Waals surface area contributed by atoms with Gasteiger partial charge in [0.2, 0.25) is 0 Å². The SMILES string of the molecule is CN1CCN(C)C(CC(O)Cc2cccc(F)c2Cl)C1. The van der Waals surface area contributed by atoms with Crippen LogP contribution in [0.25, 0.3) is 0 Å². The van der Waals surface area contributed by atoms with Gasteiger partial charge in [-0.25, -0.2) is 4.39 Å². The Bertz CT molecular complexity index is 457. The average Bonchev–Trinajstić information content (AvgIpc) is 2.39. The molecular weight excluding hydrogens is 279 g/mol. The lowest BCUT2D eigenvalue weighted by Crippen LogP contribution is -2.51. The van der Waals surface area contributed by atoms with Crippen molar-refractivity contribution in [3.8, 4) is 0 Å². The van der Waals surface area contributed by atoms with Gasteiger partial charge in [-0.1, -0.05) is 23.7 Å². The lowest BCUT2D eigenvalue weighted by molar-refractivity contribution is 0.0639. The Hall–Kier alpha value is -0.680. The molecule has 0 radical (unpaired) electrons. The predicted octanol–water partition coefficient (Wildman–Crippen LogP) is 2.02. The van der Waals surface area contributed by atoms with Crippen molar-refractivity contribution in [2.75, 3.05) is 33.7 Å². The first kappa shape index (κ1) is 15.7. The van der Waals surface area contributed by atoms with Gasteiger partial charge in [0, 0.05) is 25.7 Å². The standard InChI is InChI=1S/C15H22ClFN2O/c1-18-6-7-19(2)12(10-18)9-13(20)8-11-4-3-5-14(17)15(11)16/h3-5,12-13,20H,6-10H2,1-2H3. The third-order valence-corrected chi connectivity index (χ3v) is 4.43. The molecule has 1 N–H and O–H groups in total. The summed E-state index contributed by atoms with van der Waals surface area (Å²) in [4.78, 5) is 4.54. The summed E-state index contributed by atoms with van der Waals surface area (Å²) in [6, 6.07) is 5.06. The Balaban J connectivity index is 1.94. The number of piperazine rings is 1. The second-order valence-corrected chi connectivity index (χ2v) is 6.08. The Morgan fingerprint density at radius 3 is 2.90 bits per heavy atom. The van der Waals surface area contributed by atoms with Crippen LogP contribution in [0.2, 0.25) is 5.02 Å². The van der Waals surface area contributed by atoms with Crippen LogP contribution >= 0.6 is 11.6 Å². The van der Waals surface area contributed by atoms with Gasteiger partial charge in [-0.2, -0.15) is 0 Å². The average molecular weight is 301 g/mol. The van der Waals surface area contributed by atoms with Crippen LogP contribution in [0.4, 0.5) is 4.39 Å². The van der Waals surface area contributed by atoms with E-state index in [0.29, 0.717) is 24.4 Å². The van der Waals surface area contributed by atoms with Crippen LogP contribution in [0, 0.1) is 5.82 Å². The molecule has 1 saturated heterocycles. The topological polar surface area (TPSA) is 26.7 Å². The van der Waals surface area contributed by atoms with E-state index in [0.717, 1.165) is 19.6 Å². The van der Waals surface area contributed by atoms with Crippen LogP contribution in [-0.2, 0) is 6.42 Å². The Kier molecular flexibility index (Phi) is 5.38. The quantitative estimate of drug-likeness (QED) is 0.921. The molecular formula is C15H22ClFN2O. The summed E-state index contributed by atoms with van der Waals surface area (Å²) in [6.45, 7) is 3.01. The van der Waals surface area contributed by atoms with Gasteiger partial charge >= 0.3 is 0 Å². The highest BCUT2D eigenvalue weighted by Crippen LogP contribution is 2.22. The molecule has 0 aromatic heterocycles. The second kappa shape index (κ2) is 6.85. The molecule has 1 aromatic carbocycles. The smallest absolute Gasteiger partial charge is 0.142 e. The number of nitrogens with zero attached hydrogens (tertiary/aromatic N) is 2. The number of rotatable bonds is 4. The monoisotopic (exact) mass is 300 g/mol. The van der Waals surface area contributed by atoms with Gasteiger partial charge in [0.05, 0.1) is 11.1 Å². The largest absolute Gasteiger partial charge is 0.393 e. The van der Waals surface area contributed by atoms with E-state index in [1.54, 1.807) is 12.1 Å². The van der Waals surface area contributed by atoms with Crippen LogP contribution in [0.1, 0.15) is 12.0 Å². The van der Waals surface area contributed by atoms with E-state index in [1.165, 1.54) is 6.07 Å². The molecule has 0 saturated carbocycles. The summed E-state index contributed by atoms with van der Waals surface area (Å²) in [6.07, 6.45) is 0.562. The molecule has 3 nitrogen and oxygen atoms in total. The zero-order valence-electron chi connectivity index (χ0n) is 12.0. The van der Waals surface area contributed by atoms with Gasteiger partial charge in [0.25, 0.3) is 0 Å². The van der Waals surface area contributed by atoms with E-state index < -0.39 is 11.9 Å². The summed E-state index contributed by atoms with van der Waals surface area (Å²) in [5.41, 5.74) is 0.672. The highest BCUT2D eigenvalue weighted by atomic mass is 35.5. The fourth-order valence-corrected chi connectivity index (χ4v) is 2.92. The van der Waals surface area contributed by atoms with Gasteiger partial charge in [-0.3, -0.25) is 0 Å². The third-order valence-electron chi connectivity index (χ3n) is 4.01. The van der Waals surface area contributed by atoms with Crippen molar-refractivity contribution in [2.24, 2.45) is 0 Å². The van der Waals surface area contributed by atoms with Crippen LogP contribution < -0.4 is 0 Å². The van der Waals surface area contributed by atoms with Crippen molar-refractivity contribution in [1.82, 2.24) is 9.80 Å². The molecule has 1 fully saturated rings. The first-order valence-corrected chi connectivity index (χ1v) is 7.35. The molecule has 1 aromatic rings. The van der Waals surface area contributed by atoms with E-state index >= 15 is 0 Å². The summed E-state index contributed by atoms with van der Waals surface area (Å²) in [5, 5.41) is 10.4. The minimum absolute atomic E-state index is 0.126. The van der Waals surface area contributed by atoms with E-state index in [2.05, 4.69) is 23.9 Å². The molecule has 1 heterocycles. The minimum atomic E-state index is -0.506. The third kappa shape index (κ3) is 3.92. The summed E-state index contributed by atoms with van der Waals surface area (Å²) < 4.78 is 13.4. The zero-order valence-corrected chi connectivity index (χ0v) is 12.8. The van der Waals surface area contributed by atoms with Crippen LogP contribution in [0.5, 0.6) is 0 Å². The van der Waals surface area contributed by atoms with Crippen LogP contribution in [-0.4, -0.2) is 60.8 Å². The maximum atomic E-state index is 13.4. The molecule has 0 spiro atoms. The summed E-state index contributed by atoms with van der Waals surface area (Å²) in [7, 11) is 4.18. The molecule has 0 aliphatic carbocycles. The van der Waals surface area contributed by atoms with Crippen molar-refractivity contribution >= 4 is 11.6 Å². The summed E-state index contributed by atoms with van der Waals surface area (Å²) >= 11 is 5.93. The minimum Gasteiger partial charge on any atom is -0.393 e. The Morgan fingerprint density at radius 2 is 2.15 bits per heavy atom. The number of hydrogen-bond donors (Lipinski definition) is 1. The van der Waals surface area contributed by atoms with Gasteiger partial charge in [-0.15, -0.1) is 0 Å². The first-order valence-electron chi connectivity index (χ1n) is 6.97. The van der Waals surface area contributed by atoms with Crippen molar-refractivity contribution in [1.29, 1.82) is 0 Å². The fourth-order valence-electron chi connectivity index (χ4n) is 2.71.